The third-order valence-corrected chi connectivity index (χ3v) is 6.99. The first kappa shape index (κ1) is 27.8. The Kier molecular flexibility index (Phi) is 7.25. The number of anilines is 1. The van der Waals surface area contributed by atoms with Crippen molar-refractivity contribution >= 4 is 23.2 Å². The van der Waals surface area contributed by atoms with Gasteiger partial charge in [0, 0.05) is 23.0 Å². The van der Waals surface area contributed by atoms with E-state index in [0.717, 1.165) is 18.2 Å². The fourth-order valence-electron chi connectivity index (χ4n) is 4.92. The quantitative estimate of drug-likeness (QED) is 0.245. The van der Waals surface area contributed by atoms with E-state index in [4.69, 9.17) is 4.74 Å². The topological polar surface area (TPSA) is 65.0 Å². The molecule has 0 radical (unpaired) electrons. The maximum Gasteiger partial charge on any atom is 0.416 e. The molecule has 2 unspecified atom stereocenters. The van der Waals surface area contributed by atoms with Crippen molar-refractivity contribution in [2.45, 2.75) is 19.1 Å². The molecule has 4 aromatic carbocycles. The standard InChI is InChI=1S/C31H23F5N2O3/c1-17(30(39)40)28-23-4-3-5-24(33)27(23)37-29(20-8-6-18(7-9-20)19-10-13-22(32)14-11-19)38(28)25-16-21(31(34,35)36)12-15-26(25)41-2/h3-17,28H,1-2H3,(H,39,40)/p-1. The number of carboxylic acid groups (broad SMARTS) is 1. The summed E-state index contributed by atoms with van der Waals surface area (Å²) in [7, 11) is 1.27. The average Bonchev–Trinajstić information content (AvgIpc) is 2.96. The summed E-state index contributed by atoms with van der Waals surface area (Å²) in [5.74, 6) is -3.92. The van der Waals surface area contributed by atoms with Crippen molar-refractivity contribution in [2.24, 2.45) is 10.9 Å². The first-order chi connectivity index (χ1) is 19.5. The van der Waals surface area contributed by atoms with Gasteiger partial charge in [0.2, 0.25) is 0 Å². The third kappa shape index (κ3) is 5.25. The second-order valence-corrected chi connectivity index (χ2v) is 9.50. The minimum Gasteiger partial charge on any atom is -0.550 e. The highest BCUT2D eigenvalue weighted by Crippen LogP contribution is 2.47. The number of para-hydroxylation sites is 1. The molecule has 0 aliphatic carbocycles. The lowest BCUT2D eigenvalue weighted by molar-refractivity contribution is -0.311. The number of alkyl halides is 3. The molecule has 5 rings (SSSR count). The van der Waals surface area contributed by atoms with Crippen molar-refractivity contribution in [1.29, 1.82) is 0 Å². The van der Waals surface area contributed by atoms with Gasteiger partial charge in [-0.15, -0.1) is 0 Å². The second kappa shape index (κ2) is 10.7. The number of halogens is 5. The van der Waals surface area contributed by atoms with Gasteiger partial charge in [0.05, 0.1) is 24.4 Å². The number of hydrogen-bond donors (Lipinski definition) is 0. The number of carbonyl (C=O) groups excluding carboxylic acids is 1. The number of aliphatic carboxylic acids is 1. The zero-order valence-corrected chi connectivity index (χ0v) is 21.7. The van der Waals surface area contributed by atoms with E-state index in [1.165, 1.54) is 49.3 Å². The minimum absolute atomic E-state index is 0.00369. The van der Waals surface area contributed by atoms with Crippen LogP contribution >= 0.6 is 0 Å². The Morgan fingerprint density at radius 1 is 0.927 bits per heavy atom. The molecule has 0 spiro atoms. The Labute approximate surface area is 232 Å². The van der Waals surface area contributed by atoms with Gasteiger partial charge in [-0.3, -0.25) is 0 Å². The zero-order chi connectivity index (χ0) is 29.5. The number of aliphatic imine (C=N–C) groups is 1. The SMILES string of the molecule is COc1ccc(C(F)(F)F)cc1N1C(c2ccc(-c3ccc(F)cc3)cc2)=Nc2c(F)cccc2C1C(C)C(=O)[O-]. The summed E-state index contributed by atoms with van der Waals surface area (Å²) in [5, 5.41) is 12.2. The molecule has 0 bridgehead atoms. The van der Waals surface area contributed by atoms with Gasteiger partial charge in [0.1, 0.15) is 28.9 Å². The van der Waals surface area contributed by atoms with Gasteiger partial charge < -0.3 is 19.5 Å². The van der Waals surface area contributed by atoms with E-state index < -0.39 is 41.3 Å². The van der Waals surface area contributed by atoms with Crippen LogP contribution in [-0.2, 0) is 11.0 Å². The summed E-state index contributed by atoms with van der Waals surface area (Å²) < 4.78 is 75.4. The van der Waals surface area contributed by atoms with Crippen molar-refractivity contribution < 1.29 is 36.6 Å². The van der Waals surface area contributed by atoms with Gasteiger partial charge in [0.25, 0.3) is 0 Å². The molecule has 10 heteroatoms. The molecule has 210 valence electrons. The van der Waals surface area contributed by atoms with Crippen LogP contribution < -0.4 is 14.7 Å². The van der Waals surface area contributed by atoms with Gasteiger partial charge in [-0.05, 0) is 47.5 Å². The largest absolute Gasteiger partial charge is 0.550 e. The maximum absolute atomic E-state index is 15.1. The number of hydrogen-bond acceptors (Lipinski definition) is 5. The molecule has 2 atom stereocenters. The van der Waals surface area contributed by atoms with Gasteiger partial charge in [-0.2, -0.15) is 13.2 Å². The predicted molar refractivity (Wildman–Crippen MR) is 142 cm³/mol. The number of benzene rings is 4. The number of methoxy groups -OCH3 is 1. The summed E-state index contributed by atoms with van der Waals surface area (Å²) in [4.78, 5) is 18.0. The van der Waals surface area contributed by atoms with Crippen molar-refractivity contribution in [2.75, 3.05) is 12.0 Å². The number of carboxylic acids is 1. The molecule has 41 heavy (non-hydrogen) atoms. The van der Waals surface area contributed by atoms with Crippen LogP contribution in [0.2, 0.25) is 0 Å². The highest BCUT2D eigenvalue weighted by molar-refractivity contribution is 6.14. The van der Waals surface area contributed by atoms with E-state index in [1.54, 1.807) is 36.4 Å². The van der Waals surface area contributed by atoms with E-state index in [-0.39, 0.29) is 28.5 Å². The molecule has 0 saturated carbocycles. The lowest BCUT2D eigenvalue weighted by atomic mass is 9.88. The molecular formula is C31H22F5N2O3-. The van der Waals surface area contributed by atoms with Crippen molar-refractivity contribution in [1.82, 2.24) is 0 Å². The van der Waals surface area contributed by atoms with Crippen LogP contribution in [0, 0.1) is 17.6 Å². The van der Waals surface area contributed by atoms with E-state index in [9.17, 15) is 27.5 Å². The number of nitrogens with zero attached hydrogens (tertiary/aromatic N) is 2. The van der Waals surface area contributed by atoms with Crippen LogP contribution in [-0.4, -0.2) is 18.9 Å². The second-order valence-electron chi connectivity index (χ2n) is 9.50. The molecule has 0 N–H and O–H groups in total. The smallest absolute Gasteiger partial charge is 0.416 e. The van der Waals surface area contributed by atoms with Crippen molar-refractivity contribution in [3.05, 3.63) is 113 Å². The molecular weight excluding hydrogens is 543 g/mol. The van der Waals surface area contributed by atoms with Crippen LogP contribution in [0.1, 0.15) is 29.7 Å². The predicted octanol–water partition coefficient (Wildman–Crippen LogP) is 6.68. The fourth-order valence-corrected chi connectivity index (χ4v) is 4.92. The molecule has 0 fully saturated rings. The monoisotopic (exact) mass is 565 g/mol. The third-order valence-electron chi connectivity index (χ3n) is 6.99. The fraction of sp³-hybridized carbons (Fsp3) is 0.161. The van der Waals surface area contributed by atoms with E-state index in [0.29, 0.717) is 16.7 Å². The molecule has 0 amide bonds. The average molecular weight is 566 g/mol. The molecule has 0 saturated heterocycles. The first-order valence-corrected chi connectivity index (χ1v) is 12.5. The number of amidine groups is 1. The summed E-state index contributed by atoms with van der Waals surface area (Å²) in [6.45, 7) is 1.34. The van der Waals surface area contributed by atoms with Crippen LogP contribution in [0.15, 0.2) is 89.9 Å². The Hall–Kier alpha value is -4.73. The van der Waals surface area contributed by atoms with Crippen LogP contribution in [0.5, 0.6) is 5.75 Å². The summed E-state index contributed by atoms with van der Waals surface area (Å²) in [6, 6.07) is 18.1. The zero-order valence-electron chi connectivity index (χ0n) is 21.7. The van der Waals surface area contributed by atoms with Crippen molar-refractivity contribution in [3.63, 3.8) is 0 Å². The van der Waals surface area contributed by atoms with Gasteiger partial charge in [0.15, 0.2) is 0 Å². The maximum atomic E-state index is 15.1. The lowest BCUT2D eigenvalue weighted by Crippen LogP contribution is -2.46. The number of fused-ring (bicyclic) bond motifs is 1. The summed E-state index contributed by atoms with van der Waals surface area (Å²) in [6.07, 6.45) is -4.72. The Morgan fingerprint density at radius 3 is 2.12 bits per heavy atom. The van der Waals surface area contributed by atoms with E-state index in [2.05, 4.69) is 4.99 Å². The highest BCUT2D eigenvalue weighted by atomic mass is 19.4. The lowest BCUT2D eigenvalue weighted by Gasteiger charge is -2.42. The van der Waals surface area contributed by atoms with Gasteiger partial charge in [-0.1, -0.05) is 55.5 Å². The summed E-state index contributed by atoms with van der Waals surface area (Å²) in [5.41, 5.74) is 0.693. The molecule has 1 aliphatic heterocycles. The minimum atomic E-state index is -4.72. The van der Waals surface area contributed by atoms with E-state index >= 15 is 4.39 Å². The van der Waals surface area contributed by atoms with E-state index in [1.807, 2.05) is 0 Å². The Bertz CT molecular complexity index is 1630. The van der Waals surface area contributed by atoms with Crippen LogP contribution in [0.4, 0.5) is 33.3 Å². The summed E-state index contributed by atoms with van der Waals surface area (Å²) >= 11 is 0. The molecule has 4 aromatic rings. The molecule has 1 aliphatic rings. The Balaban J connectivity index is 1.76. The van der Waals surface area contributed by atoms with Gasteiger partial charge >= 0.3 is 6.18 Å². The van der Waals surface area contributed by atoms with Crippen LogP contribution in [0.3, 0.4) is 0 Å². The highest BCUT2D eigenvalue weighted by Gasteiger charge is 2.40. The molecule has 0 aromatic heterocycles. The van der Waals surface area contributed by atoms with Crippen LogP contribution in [0.25, 0.3) is 11.1 Å². The van der Waals surface area contributed by atoms with Crippen molar-refractivity contribution in [3.8, 4) is 16.9 Å². The van der Waals surface area contributed by atoms with Gasteiger partial charge in [-0.25, -0.2) is 13.8 Å². The normalized spacial score (nSPS) is 15.6. The Morgan fingerprint density at radius 2 is 1.54 bits per heavy atom. The number of ether oxygens (including phenoxy) is 1. The molecule has 5 nitrogen and oxygen atoms in total. The number of rotatable bonds is 6. The number of carbonyl (C=O) groups is 1. The first-order valence-electron chi connectivity index (χ1n) is 12.5. The molecule has 1 heterocycles.